The second kappa shape index (κ2) is 9.06. The second-order valence-corrected chi connectivity index (χ2v) is 9.66. The van der Waals surface area contributed by atoms with Gasteiger partial charge < -0.3 is 10.6 Å². The van der Waals surface area contributed by atoms with E-state index in [9.17, 15) is 18.0 Å². The van der Waals surface area contributed by atoms with Gasteiger partial charge in [0.2, 0.25) is 5.91 Å². The van der Waals surface area contributed by atoms with E-state index in [1.54, 1.807) is 0 Å². The smallest absolute Gasteiger partial charge is 0.253 e. The summed E-state index contributed by atoms with van der Waals surface area (Å²) in [4.78, 5) is 25.0. The zero-order chi connectivity index (χ0) is 19.3. The highest BCUT2D eigenvalue weighted by Gasteiger charge is 2.26. The van der Waals surface area contributed by atoms with Gasteiger partial charge >= 0.3 is 0 Å². The van der Waals surface area contributed by atoms with E-state index in [-0.39, 0.29) is 34.7 Å². The van der Waals surface area contributed by atoms with Crippen molar-refractivity contribution in [3.8, 4) is 0 Å². The first-order valence-electron chi connectivity index (χ1n) is 8.40. The lowest BCUT2D eigenvalue weighted by Gasteiger charge is -2.21. The number of carbonyl (C=O) groups is 2. The summed E-state index contributed by atoms with van der Waals surface area (Å²) < 4.78 is 22.9. The summed E-state index contributed by atoms with van der Waals surface area (Å²) in [6.45, 7) is 0. The van der Waals surface area contributed by atoms with E-state index in [2.05, 4.69) is 10.6 Å². The lowest BCUT2D eigenvalue weighted by Crippen LogP contribution is -2.49. The lowest BCUT2D eigenvalue weighted by molar-refractivity contribution is -0.123. The molecule has 2 rings (SSSR count). The van der Waals surface area contributed by atoms with Crippen LogP contribution in [0.3, 0.4) is 0 Å². The van der Waals surface area contributed by atoms with Gasteiger partial charge in [0.1, 0.15) is 15.9 Å². The van der Waals surface area contributed by atoms with Crippen LogP contribution in [-0.4, -0.2) is 44.3 Å². The van der Waals surface area contributed by atoms with Gasteiger partial charge in [-0.3, -0.25) is 9.59 Å². The Morgan fingerprint density at radius 2 is 1.88 bits per heavy atom. The Bertz CT molecular complexity index is 777. The summed E-state index contributed by atoms with van der Waals surface area (Å²) in [7, 11) is -3.27. The summed E-state index contributed by atoms with van der Waals surface area (Å²) in [6.07, 6.45) is 4.96. The fraction of sp³-hybridized carbons (Fsp3) is 0.529. The van der Waals surface area contributed by atoms with Gasteiger partial charge in [0.15, 0.2) is 0 Å². The van der Waals surface area contributed by atoms with Crippen LogP contribution in [0.25, 0.3) is 0 Å². The number of hydrogen-bond acceptors (Lipinski definition) is 4. The molecule has 1 aliphatic rings. The molecular formula is C17H22Cl2N2O4S. The normalized spacial score (nSPS) is 16.3. The Labute approximate surface area is 163 Å². The van der Waals surface area contributed by atoms with E-state index in [0.717, 1.165) is 31.9 Å². The zero-order valence-corrected chi connectivity index (χ0v) is 16.8. The molecule has 0 radical (unpaired) electrons. The standard InChI is InChI=1S/C17H22Cl2N2O4S/c1-26(24,25)9-8-15(17(23)20-12-4-2-3-5-12)21-16(22)13-7-6-11(18)10-14(13)19/h6-7,10,12,15H,2-5,8-9H2,1H3,(H,20,23)(H,21,22)/t15-/m1/s1. The minimum absolute atomic E-state index is 0.00562. The van der Waals surface area contributed by atoms with Crippen molar-refractivity contribution in [2.75, 3.05) is 12.0 Å². The van der Waals surface area contributed by atoms with Gasteiger partial charge in [-0.25, -0.2) is 8.42 Å². The van der Waals surface area contributed by atoms with E-state index in [1.807, 2.05) is 0 Å². The highest BCUT2D eigenvalue weighted by Crippen LogP contribution is 2.21. The van der Waals surface area contributed by atoms with Crippen molar-refractivity contribution < 1.29 is 18.0 Å². The Balaban J connectivity index is 2.10. The van der Waals surface area contributed by atoms with Gasteiger partial charge in [-0.15, -0.1) is 0 Å². The van der Waals surface area contributed by atoms with Crippen LogP contribution in [0.2, 0.25) is 10.0 Å². The van der Waals surface area contributed by atoms with E-state index < -0.39 is 21.8 Å². The quantitative estimate of drug-likeness (QED) is 0.708. The van der Waals surface area contributed by atoms with Crippen molar-refractivity contribution in [2.45, 2.75) is 44.2 Å². The molecule has 0 aliphatic heterocycles. The Kier molecular flexibility index (Phi) is 7.32. The number of rotatable bonds is 7. The van der Waals surface area contributed by atoms with E-state index in [0.29, 0.717) is 5.02 Å². The molecular weight excluding hydrogens is 399 g/mol. The maximum atomic E-state index is 12.5. The van der Waals surface area contributed by atoms with Crippen molar-refractivity contribution in [1.82, 2.24) is 10.6 Å². The van der Waals surface area contributed by atoms with Crippen LogP contribution in [0.15, 0.2) is 18.2 Å². The predicted octanol–water partition coefficient (Wildman–Crippen LogP) is 2.59. The lowest BCUT2D eigenvalue weighted by atomic mass is 10.1. The summed E-state index contributed by atoms with van der Waals surface area (Å²) >= 11 is 11.9. The van der Waals surface area contributed by atoms with Crippen molar-refractivity contribution in [1.29, 1.82) is 0 Å². The minimum Gasteiger partial charge on any atom is -0.352 e. The van der Waals surface area contributed by atoms with Crippen LogP contribution >= 0.6 is 23.2 Å². The molecule has 2 N–H and O–H groups in total. The molecule has 1 aliphatic carbocycles. The molecule has 0 heterocycles. The Hall–Kier alpha value is -1.31. The van der Waals surface area contributed by atoms with Crippen molar-refractivity contribution in [2.24, 2.45) is 0 Å². The largest absolute Gasteiger partial charge is 0.352 e. The van der Waals surface area contributed by atoms with Gasteiger partial charge in [0, 0.05) is 17.3 Å². The molecule has 1 aromatic carbocycles. The van der Waals surface area contributed by atoms with E-state index in [1.165, 1.54) is 18.2 Å². The van der Waals surface area contributed by atoms with Crippen molar-refractivity contribution in [3.05, 3.63) is 33.8 Å². The maximum absolute atomic E-state index is 12.5. The number of hydrogen-bond donors (Lipinski definition) is 2. The highest BCUT2D eigenvalue weighted by molar-refractivity contribution is 7.90. The van der Waals surface area contributed by atoms with Crippen LogP contribution in [-0.2, 0) is 14.6 Å². The highest BCUT2D eigenvalue weighted by atomic mass is 35.5. The summed E-state index contributed by atoms with van der Waals surface area (Å²) in [5.74, 6) is -1.13. The second-order valence-electron chi connectivity index (χ2n) is 6.56. The fourth-order valence-electron chi connectivity index (χ4n) is 2.88. The van der Waals surface area contributed by atoms with Crippen LogP contribution in [0.4, 0.5) is 0 Å². The molecule has 1 saturated carbocycles. The topological polar surface area (TPSA) is 92.3 Å². The van der Waals surface area contributed by atoms with Crippen LogP contribution in [0, 0.1) is 0 Å². The molecule has 0 aromatic heterocycles. The number of benzene rings is 1. The minimum atomic E-state index is -3.27. The molecule has 0 bridgehead atoms. The Morgan fingerprint density at radius 1 is 1.23 bits per heavy atom. The number of nitrogens with one attached hydrogen (secondary N) is 2. The first-order valence-corrected chi connectivity index (χ1v) is 11.2. The van der Waals surface area contributed by atoms with Gasteiger partial charge in [0.25, 0.3) is 5.91 Å². The van der Waals surface area contributed by atoms with Crippen LogP contribution in [0.5, 0.6) is 0 Å². The molecule has 144 valence electrons. The maximum Gasteiger partial charge on any atom is 0.253 e. The first-order chi connectivity index (χ1) is 12.2. The molecule has 0 unspecified atom stereocenters. The van der Waals surface area contributed by atoms with Gasteiger partial charge in [-0.1, -0.05) is 36.0 Å². The first kappa shape index (κ1) is 21.0. The molecule has 1 fully saturated rings. The Morgan fingerprint density at radius 3 is 2.46 bits per heavy atom. The third-order valence-corrected chi connectivity index (χ3v) is 5.80. The van der Waals surface area contributed by atoms with Crippen LogP contribution < -0.4 is 10.6 Å². The van der Waals surface area contributed by atoms with Crippen molar-refractivity contribution >= 4 is 44.9 Å². The molecule has 1 aromatic rings. The molecule has 26 heavy (non-hydrogen) atoms. The number of carbonyl (C=O) groups excluding carboxylic acids is 2. The van der Waals surface area contributed by atoms with Gasteiger partial charge in [-0.2, -0.15) is 0 Å². The van der Waals surface area contributed by atoms with Crippen molar-refractivity contribution in [3.63, 3.8) is 0 Å². The van der Waals surface area contributed by atoms with Gasteiger partial charge in [-0.05, 0) is 37.5 Å². The summed E-state index contributed by atoms with van der Waals surface area (Å²) in [6, 6.07) is 3.53. The third-order valence-electron chi connectivity index (χ3n) is 4.28. The average Bonchev–Trinajstić information content (AvgIpc) is 3.03. The zero-order valence-electron chi connectivity index (χ0n) is 14.4. The predicted molar refractivity (Wildman–Crippen MR) is 102 cm³/mol. The molecule has 0 saturated heterocycles. The molecule has 2 amide bonds. The molecule has 9 heteroatoms. The third kappa shape index (κ3) is 6.45. The van der Waals surface area contributed by atoms with E-state index in [4.69, 9.17) is 23.2 Å². The summed E-state index contributed by atoms with van der Waals surface area (Å²) in [5.41, 5.74) is 0.175. The number of amides is 2. The fourth-order valence-corrected chi connectivity index (χ4v) is 4.04. The molecule has 6 nitrogen and oxygen atoms in total. The monoisotopic (exact) mass is 420 g/mol. The van der Waals surface area contributed by atoms with Crippen LogP contribution in [0.1, 0.15) is 42.5 Å². The number of sulfone groups is 1. The van der Waals surface area contributed by atoms with Gasteiger partial charge in [0.05, 0.1) is 16.3 Å². The number of halogens is 2. The molecule has 0 spiro atoms. The molecule has 1 atom stereocenters. The summed E-state index contributed by atoms with van der Waals surface area (Å²) in [5, 5.41) is 6.04. The SMILES string of the molecule is CS(=O)(=O)CC[C@@H](NC(=O)c1ccc(Cl)cc1Cl)C(=O)NC1CCCC1. The van der Waals surface area contributed by atoms with E-state index >= 15 is 0 Å². The average molecular weight is 421 g/mol.